The number of fused-ring (bicyclic) bond motifs is 1. The zero-order valence-electron chi connectivity index (χ0n) is 11.9. The van der Waals surface area contributed by atoms with Crippen LogP contribution in [0.2, 0.25) is 0 Å². The van der Waals surface area contributed by atoms with E-state index in [-0.39, 0.29) is 0 Å². The van der Waals surface area contributed by atoms with Crippen LogP contribution in [0.5, 0.6) is 0 Å². The molecule has 1 aliphatic heterocycles. The summed E-state index contributed by atoms with van der Waals surface area (Å²) in [7, 11) is 0. The number of nitrogens with two attached hydrogens (primary N) is 1. The summed E-state index contributed by atoms with van der Waals surface area (Å²) in [5.41, 5.74) is 7.99. The molecule has 0 saturated heterocycles. The van der Waals surface area contributed by atoms with E-state index >= 15 is 0 Å². The molecule has 0 radical (unpaired) electrons. The Morgan fingerprint density at radius 3 is 3.00 bits per heavy atom. The summed E-state index contributed by atoms with van der Waals surface area (Å²) in [6.07, 6.45) is 1.14. The Bertz CT molecular complexity index is 409. The maximum atomic E-state index is 5.89. The highest BCUT2D eigenvalue weighted by Crippen LogP contribution is 2.35. The lowest BCUT2D eigenvalue weighted by atomic mass is 10.1. The Morgan fingerprint density at radius 1 is 1.37 bits per heavy atom. The summed E-state index contributed by atoms with van der Waals surface area (Å²) >= 11 is 1.91. The van der Waals surface area contributed by atoms with Gasteiger partial charge in [0.2, 0.25) is 0 Å². The molecular weight excluding hydrogens is 256 g/mol. The van der Waals surface area contributed by atoms with Crippen LogP contribution in [-0.2, 0) is 4.74 Å². The predicted molar refractivity (Wildman–Crippen MR) is 84.1 cm³/mol. The molecule has 0 aromatic heterocycles. The van der Waals surface area contributed by atoms with Crippen molar-refractivity contribution in [3.05, 3.63) is 18.2 Å². The van der Waals surface area contributed by atoms with Crippen molar-refractivity contribution in [1.29, 1.82) is 0 Å². The molecule has 4 heteroatoms. The van der Waals surface area contributed by atoms with E-state index in [0.717, 1.165) is 44.2 Å². The summed E-state index contributed by atoms with van der Waals surface area (Å²) < 4.78 is 5.71. The van der Waals surface area contributed by atoms with Gasteiger partial charge >= 0.3 is 0 Å². The van der Waals surface area contributed by atoms with Crippen LogP contribution in [0.1, 0.15) is 20.3 Å². The smallest absolute Gasteiger partial charge is 0.0641 e. The molecule has 106 valence electrons. The van der Waals surface area contributed by atoms with Gasteiger partial charge < -0.3 is 15.4 Å². The van der Waals surface area contributed by atoms with Gasteiger partial charge in [0.05, 0.1) is 12.3 Å². The third-order valence-electron chi connectivity index (χ3n) is 3.29. The molecule has 2 N–H and O–H groups in total. The van der Waals surface area contributed by atoms with Crippen molar-refractivity contribution in [1.82, 2.24) is 0 Å². The highest BCUT2D eigenvalue weighted by Gasteiger charge is 2.17. The largest absolute Gasteiger partial charge is 0.399 e. The van der Waals surface area contributed by atoms with Gasteiger partial charge in [-0.25, -0.2) is 0 Å². The van der Waals surface area contributed by atoms with Gasteiger partial charge in [-0.1, -0.05) is 13.8 Å². The second-order valence-electron chi connectivity index (χ2n) is 5.36. The normalized spacial score (nSPS) is 14.8. The summed E-state index contributed by atoms with van der Waals surface area (Å²) in [4.78, 5) is 3.72. The van der Waals surface area contributed by atoms with Crippen LogP contribution in [0.25, 0.3) is 0 Å². The molecule has 19 heavy (non-hydrogen) atoms. The van der Waals surface area contributed by atoms with E-state index in [1.165, 1.54) is 10.6 Å². The molecule has 1 aromatic carbocycles. The molecule has 0 bridgehead atoms. The second kappa shape index (κ2) is 7.06. The number of nitrogen functional groups attached to an aromatic ring is 1. The average molecular weight is 280 g/mol. The van der Waals surface area contributed by atoms with Gasteiger partial charge in [0.15, 0.2) is 0 Å². The zero-order chi connectivity index (χ0) is 13.7. The third kappa shape index (κ3) is 4.32. The molecule has 0 saturated carbocycles. The van der Waals surface area contributed by atoms with E-state index in [1.807, 2.05) is 17.8 Å². The molecule has 0 unspecified atom stereocenters. The van der Waals surface area contributed by atoms with E-state index in [0.29, 0.717) is 5.92 Å². The first-order chi connectivity index (χ1) is 9.16. The number of rotatable bonds is 6. The molecule has 1 heterocycles. The molecule has 0 spiro atoms. The molecule has 0 fully saturated rings. The lowest BCUT2D eigenvalue weighted by molar-refractivity contribution is 0.129. The van der Waals surface area contributed by atoms with E-state index in [4.69, 9.17) is 10.5 Å². The molecule has 3 nitrogen and oxygen atoms in total. The maximum absolute atomic E-state index is 5.89. The molecule has 0 aliphatic carbocycles. The van der Waals surface area contributed by atoms with Crippen LogP contribution in [-0.4, -0.2) is 32.1 Å². The van der Waals surface area contributed by atoms with Gasteiger partial charge in [-0.2, -0.15) is 0 Å². The summed E-state index contributed by atoms with van der Waals surface area (Å²) in [5.74, 6) is 1.86. The zero-order valence-corrected chi connectivity index (χ0v) is 12.7. The van der Waals surface area contributed by atoms with Gasteiger partial charge in [-0.3, -0.25) is 0 Å². The number of benzene rings is 1. The van der Waals surface area contributed by atoms with Crippen LogP contribution in [0.15, 0.2) is 23.1 Å². The lowest BCUT2D eigenvalue weighted by Crippen LogP contribution is -2.32. The third-order valence-corrected chi connectivity index (χ3v) is 4.33. The minimum absolute atomic E-state index is 0.715. The molecular formula is C15H24N2OS. The topological polar surface area (TPSA) is 38.5 Å². The molecule has 0 atom stereocenters. The number of hydrogen-bond acceptors (Lipinski definition) is 4. The number of hydrogen-bond donors (Lipinski definition) is 1. The first-order valence-corrected chi connectivity index (χ1v) is 8.00. The Hall–Kier alpha value is -0.870. The van der Waals surface area contributed by atoms with Crippen molar-refractivity contribution < 1.29 is 4.74 Å². The molecule has 1 aromatic rings. The van der Waals surface area contributed by atoms with E-state index < -0.39 is 0 Å². The van der Waals surface area contributed by atoms with Crippen LogP contribution >= 0.6 is 11.8 Å². The van der Waals surface area contributed by atoms with E-state index in [2.05, 4.69) is 30.9 Å². The first-order valence-electron chi connectivity index (χ1n) is 7.02. The number of nitrogens with zero attached hydrogens (tertiary/aromatic N) is 1. The Morgan fingerprint density at radius 2 is 2.21 bits per heavy atom. The van der Waals surface area contributed by atoms with Gasteiger partial charge in [-0.15, -0.1) is 11.8 Å². The fourth-order valence-corrected chi connectivity index (χ4v) is 3.15. The van der Waals surface area contributed by atoms with Gasteiger partial charge in [0, 0.05) is 36.0 Å². The fourth-order valence-electron chi connectivity index (χ4n) is 2.12. The van der Waals surface area contributed by atoms with Gasteiger partial charge in [-0.05, 0) is 30.5 Å². The highest BCUT2D eigenvalue weighted by molar-refractivity contribution is 7.99. The molecule has 2 rings (SSSR count). The Labute approximate surface area is 120 Å². The van der Waals surface area contributed by atoms with Crippen molar-refractivity contribution in [2.45, 2.75) is 25.2 Å². The molecule has 0 amide bonds. The van der Waals surface area contributed by atoms with Crippen molar-refractivity contribution in [3.8, 4) is 0 Å². The van der Waals surface area contributed by atoms with Crippen molar-refractivity contribution in [2.24, 2.45) is 5.92 Å². The first kappa shape index (κ1) is 14.5. The predicted octanol–water partition coefficient (Wildman–Crippen LogP) is 3.24. The number of anilines is 2. The monoisotopic (exact) mass is 280 g/mol. The van der Waals surface area contributed by atoms with Crippen LogP contribution in [0.4, 0.5) is 11.4 Å². The van der Waals surface area contributed by atoms with Crippen LogP contribution < -0.4 is 10.6 Å². The summed E-state index contributed by atoms with van der Waals surface area (Å²) in [5, 5.41) is 0. The lowest BCUT2D eigenvalue weighted by Gasteiger charge is -2.31. The van der Waals surface area contributed by atoms with Crippen molar-refractivity contribution in [2.75, 3.05) is 42.7 Å². The number of thioether (sulfide) groups is 1. The van der Waals surface area contributed by atoms with E-state index in [1.54, 1.807) is 0 Å². The Kier molecular flexibility index (Phi) is 5.40. The fraction of sp³-hybridized carbons (Fsp3) is 0.600. The van der Waals surface area contributed by atoms with E-state index in [9.17, 15) is 0 Å². The summed E-state index contributed by atoms with van der Waals surface area (Å²) in [6, 6.07) is 6.19. The summed E-state index contributed by atoms with van der Waals surface area (Å²) in [6.45, 7) is 8.15. The maximum Gasteiger partial charge on any atom is 0.0641 e. The quantitative estimate of drug-likeness (QED) is 0.641. The van der Waals surface area contributed by atoms with Crippen molar-refractivity contribution in [3.63, 3.8) is 0 Å². The highest BCUT2D eigenvalue weighted by atomic mass is 32.2. The SMILES string of the molecule is CC(C)CCOCCN1CCSc2ccc(N)cc21. The molecule has 1 aliphatic rings. The standard InChI is InChI=1S/C15H24N2OS/c1-12(2)5-8-18-9-6-17-7-10-19-15-4-3-13(16)11-14(15)17/h3-4,11-12H,5-10,16H2,1-2H3. The minimum Gasteiger partial charge on any atom is -0.399 e. The van der Waals surface area contributed by atoms with Gasteiger partial charge in [0.1, 0.15) is 0 Å². The van der Waals surface area contributed by atoms with Crippen LogP contribution in [0, 0.1) is 5.92 Å². The minimum atomic E-state index is 0.715. The van der Waals surface area contributed by atoms with Gasteiger partial charge in [0.25, 0.3) is 0 Å². The van der Waals surface area contributed by atoms with Crippen molar-refractivity contribution >= 4 is 23.1 Å². The van der Waals surface area contributed by atoms with Crippen LogP contribution in [0.3, 0.4) is 0 Å². The number of ether oxygens (including phenoxy) is 1. The Balaban J connectivity index is 1.84. The second-order valence-corrected chi connectivity index (χ2v) is 6.49. The average Bonchev–Trinajstić information content (AvgIpc) is 2.38.